The molecule has 0 bridgehead atoms. The molecule has 0 spiro atoms. The summed E-state index contributed by atoms with van der Waals surface area (Å²) >= 11 is 12.6. The van der Waals surface area contributed by atoms with E-state index in [0.717, 1.165) is 34.5 Å². The molecule has 1 atom stereocenters. The summed E-state index contributed by atoms with van der Waals surface area (Å²) in [6, 6.07) is 19.4. The molecule has 1 amide bonds. The van der Waals surface area contributed by atoms with E-state index in [4.69, 9.17) is 43.4 Å². The Hall–Kier alpha value is -3.93. The van der Waals surface area contributed by atoms with Gasteiger partial charge < -0.3 is 25.1 Å². The zero-order valence-corrected chi connectivity index (χ0v) is 27.5. The average molecular weight is 700 g/mol. The number of aromatic nitrogens is 2. The minimum absolute atomic E-state index is 0.173. The monoisotopic (exact) mass is 698 g/mol. The molecule has 7 nitrogen and oxygen atoms in total. The quantitative estimate of drug-likeness (QED) is 0.105. The first-order valence-corrected chi connectivity index (χ1v) is 16.2. The van der Waals surface area contributed by atoms with Crippen LogP contribution in [0.25, 0.3) is 28.2 Å². The molecule has 252 valence electrons. The fraction of sp³-hybridized carbons (Fsp3) is 0.278. The maximum Gasteiger partial charge on any atom is 0.416 e. The van der Waals surface area contributed by atoms with Crippen LogP contribution in [0.15, 0.2) is 91.0 Å². The fourth-order valence-corrected chi connectivity index (χ4v) is 5.51. The molecule has 3 N–H and O–H groups in total. The second kappa shape index (κ2) is 16.5. The van der Waals surface area contributed by atoms with E-state index in [0.29, 0.717) is 73.6 Å². The summed E-state index contributed by atoms with van der Waals surface area (Å²) in [5.41, 5.74) is 9.10. The van der Waals surface area contributed by atoms with Gasteiger partial charge in [0.15, 0.2) is 0 Å². The van der Waals surface area contributed by atoms with Crippen LogP contribution in [0.3, 0.4) is 0 Å². The van der Waals surface area contributed by atoms with Gasteiger partial charge in [0.05, 0.1) is 48.8 Å². The van der Waals surface area contributed by atoms with Gasteiger partial charge >= 0.3 is 6.18 Å². The van der Waals surface area contributed by atoms with Crippen molar-refractivity contribution in [3.8, 4) is 22.6 Å². The van der Waals surface area contributed by atoms with Crippen molar-refractivity contribution in [2.24, 2.45) is 5.73 Å². The minimum Gasteiger partial charge on any atom is -0.378 e. The number of halogens is 5. The van der Waals surface area contributed by atoms with Gasteiger partial charge in [0.1, 0.15) is 5.82 Å². The van der Waals surface area contributed by atoms with Crippen molar-refractivity contribution < 1.29 is 27.4 Å². The highest BCUT2D eigenvalue weighted by Gasteiger charge is 2.31. The minimum atomic E-state index is -4.53. The summed E-state index contributed by atoms with van der Waals surface area (Å²) in [6.07, 6.45) is 1.85. The Labute approximate surface area is 287 Å². The van der Waals surface area contributed by atoms with Gasteiger partial charge in [-0.1, -0.05) is 66.2 Å². The summed E-state index contributed by atoms with van der Waals surface area (Å²) in [5, 5.41) is 3.20. The number of benzene rings is 3. The van der Waals surface area contributed by atoms with Crippen molar-refractivity contribution in [3.63, 3.8) is 0 Å². The summed E-state index contributed by atoms with van der Waals surface area (Å²) in [4.78, 5) is 17.7. The highest BCUT2D eigenvalue weighted by Crippen LogP contribution is 2.38. The van der Waals surface area contributed by atoms with E-state index < -0.39 is 11.7 Å². The maximum atomic E-state index is 13.8. The standard InChI is InChI=1S/C36H35Cl2F3N4O3/c37-30-12-8-25(9-13-30)32-33(26-10-14-31(38)15-11-26)45(34(44-32)28-2-1-3-29(22-28)36(39,40)41)23-24-4-6-27(7-5-24)35(46)43-17-19-48-21-20-47-18-16-42/h1-14,22,31H,15-21,23,42H2,(H,43,46). The third-order valence-electron chi connectivity index (χ3n) is 7.58. The average Bonchev–Trinajstić information content (AvgIpc) is 3.45. The van der Waals surface area contributed by atoms with Gasteiger partial charge in [-0.05, 0) is 54.0 Å². The number of nitrogens with two attached hydrogens (primary N) is 1. The lowest BCUT2D eigenvalue weighted by molar-refractivity contribution is -0.137. The van der Waals surface area contributed by atoms with Crippen LogP contribution in [0.4, 0.5) is 13.2 Å². The zero-order chi connectivity index (χ0) is 34.1. The molecule has 48 heavy (non-hydrogen) atoms. The van der Waals surface area contributed by atoms with Crippen LogP contribution in [0, 0.1) is 0 Å². The molecule has 1 aromatic heterocycles. The van der Waals surface area contributed by atoms with E-state index in [1.807, 2.05) is 47.1 Å². The van der Waals surface area contributed by atoms with Gasteiger partial charge in [-0.2, -0.15) is 13.2 Å². The second-order valence-corrected chi connectivity index (χ2v) is 12.0. The molecule has 0 saturated heterocycles. The van der Waals surface area contributed by atoms with Crippen molar-refractivity contribution in [2.45, 2.75) is 24.5 Å². The molecule has 3 aromatic carbocycles. The summed E-state index contributed by atoms with van der Waals surface area (Å²) in [6.45, 7) is 2.68. The Bertz CT molecular complexity index is 1750. The van der Waals surface area contributed by atoms with E-state index in [2.05, 4.69) is 5.32 Å². The topological polar surface area (TPSA) is 91.4 Å². The SMILES string of the molecule is NCCOCCOCCNC(=O)c1ccc(Cn2c(-c3cccc(C(F)(F)F)c3)nc(-c3ccc(Cl)cc3)c2C2=CCC(Cl)C=C2)cc1. The molecule has 1 unspecified atom stereocenters. The molecule has 0 saturated carbocycles. The number of nitrogens with one attached hydrogen (secondary N) is 1. The van der Waals surface area contributed by atoms with Crippen LogP contribution >= 0.6 is 23.2 Å². The third-order valence-corrected chi connectivity index (χ3v) is 8.15. The first kappa shape index (κ1) is 35.4. The van der Waals surface area contributed by atoms with Gasteiger partial charge in [-0.3, -0.25) is 4.79 Å². The highest BCUT2D eigenvalue weighted by molar-refractivity contribution is 6.30. The largest absolute Gasteiger partial charge is 0.416 e. The molecule has 4 aromatic rings. The Kier molecular flexibility index (Phi) is 12.1. The first-order chi connectivity index (χ1) is 23.1. The van der Waals surface area contributed by atoms with Gasteiger partial charge in [0.2, 0.25) is 0 Å². The van der Waals surface area contributed by atoms with Crippen molar-refractivity contribution in [3.05, 3.63) is 118 Å². The van der Waals surface area contributed by atoms with Crippen LogP contribution in [-0.4, -0.2) is 60.4 Å². The van der Waals surface area contributed by atoms with Crippen molar-refractivity contribution >= 4 is 34.7 Å². The summed E-state index contributed by atoms with van der Waals surface area (Å²) in [7, 11) is 0. The molecule has 12 heteroatoms. The Balaban J connectivity index is 1.47. The molecule has 5 rings (SSSR count). The van der Waals surface area contributed by atoms with Crippen LogP contribution in [0.1, 0.15) is 33.6 Å². The number of carbonyl (C=O) groups excluding carboxylic acids is 1. The van der Waals surface area contributed by atoms with Gasteiger partial charge in [-0.15, -0.1) is 11.6 Å². The number of carbonyl (C=O) groups is 1. The predicted molar refractivity (Wildman–Crippen MR) is 183 cm³/mol. The predicted octanol–water partition coefficient (Wildman–Crippen LogP) is 7.61. The number of ether oxygens (including phenoxy) is 2. The highest BCUT2D eigenvalue weighted by atomic mass is 35.5. The fourth-order valence-electron chi connectivity index (χ4n) is 5.22. The summed E-state index contributed by atoms with van der Waals surface area (Å²) < 4.78 is 54.0. The Morgan fingerprint density at radius 2 is 1.71 bits per heavy atom. The van der Waals surface area contributed by atoms with E-state index in [1.54, 1.807) is 30.3 Å². The number of hydrogen-bond acceptors (Lipinski definition) is 5. The van der Waals surface area contributed by atoms with Crippen LogP contribution in [0.2, 0.25) is 5.02 Å². The van der Waals surface area contributed by atoms with E-state index in [9.17, 15) is 18.0 Å². The molecule has 1 aliphatic carbocycles. The number of allylic oxidation sites excluding steroid dienone is 4. The molecule has 0 aliphatic heterocycles. The molecular weight excluding hydrogens is 664 g/mol. The lowest BCUT2D eigenvalue weighted by Crippen LogP contribution is -2.27. The summed E-state index contributed by atoms with van der Waals surface area (Å²) in [5.74, 6) is 0.106. The van der Waals surface area contributed by atoms with Gasteiger partial charge in [0, 0.05) is 41.3 Å². The number of nitrogens with zero attached hydrogens (tertiary/aromatic N) is 2. The van der Waals surface area contributed by atoms with Crippen LogP contribution in [0.5, 0.6) is 0 Å². The normalized spacial score (nSPS) is 14.6. The van der Waals surface area contributed by atoms with Crippen LogP contribution < -0.4 is 11.1 Å². The number of alkyl halides is 4. The van der Waals surface area contributed by atoms with E-state index in [1.165, 1.54) is 6.07 Å². The molecule has 0 radical (unpaired) electrons. The Morgan fingerprint density at radius 1 is 0.979 bits per heavy atom. The lowest BCUT2D eigenvalue weighted by Gasteiger charge is -2.17. The van der Waals surface area contributed by atoms with Gasteiger partial charge in [0.25, 0.3) is 5.91 Å². The maximum absolute atomic E-state index is 13.8. The number of hydrogen-bond donors (Lipinski definition) is 2. The molecule has 0 fully saturated rings. The number of rotatable bonds is 14. The number of amides is 1. The van der Waals surface area contributed by atoms with E-state index >= 15 is 0 Å². The van der Waals surface area contributed by atoms with Gasteiger partial charge in [-0.25, -0.2) is 4.98 Å². The first-order valence-electron chi connectivity index (χ1n) is 15.4. The van der Waals surface area contributed by atoms with Crippen molar-refractivity contribution in [2.75, 3.05) is 39.5 Å². The molecule has 1 aliphatic rings. The third kappa shape index (κ3) is 9.15. The van der Waals surface area contributed by atoms with Crippen LogP contribution in [-0.2, 0) is 22.2 Å². The van der Waals surface area contributed by atoms with Crippen molar-refractivity contribution in [1.82, 2.24) is 14.9 Å². The Morgan fingerprint density at radius 3 is 2.38 bits per heavy atom. The van der Waals surface area contributed by atoms with E-state index in [-0.39, 0.29) is 17.8 Å². The number of imidazole rings is 1. The second-order valence-electron chi connectivity index (χ2n) is 11.0. The van der Waals surface area contributed by atoms with Crippen molar-refractivity contribution in [1.29, 1.82) is 0 Å². The lowest BCUT2D eigenvalue weighted by atomic mass is 9.99. The molecule has 1 heterocycles. The molecular formula is C36H35Cl2F3N4O3. The zero-order valence-electron chi connectivity index (χ0n) is 26.0. The smallest absolute Gasteiger partial charge is 0.378 e.